The lowest BCUT2D eigenvalue weighted by Crippen LogP contribution is -2.53. The summed E-state index contributed by atoms with van der Waals surface area (Å²) >= 11 is 0. The molecule has 2 unspecified atom stereocenters. The molecular weight excluding hydrogens is 264 g/mol. The Morgan fingerprint density at radius 1 is 1.14 bits per heavy atom. The molecule has 21 heavy (non-hydrogen) atoms. The SMILES string of the molecule is OC12CCCCC1CN(c1ccc3nccnc3n1)CC2. The van der Waals surface area contributed by atoms with Crippen LogP contribution < -0.4 is 4.90 Å². The van der Waals surface area contributed by atoms with Crippen molar-refractivity contribution in [1.29, 1.82) is 0 Å². The van der Waals surface area contributed by atoms with Gasteiger partial charge in [-0.25, -0.2) is 9.97 Å². The van der Waals surface area contributed by atoms with E-state index in [2.05, 4.69) is 19.9 Å². The summed E-state index contributed by atoms with van der Waals surface area (Å²) in [4.78, 5) is 15.5. The van der Waals surface area contributed by atoms with Crippen LogP contribution in [0.1, 0.15) is 32.1 Å². The minimum Gasteiger partial charge on any atom is -0.389 e. The molecule has 0 spiro atoms. The molecule has 2 atom stereocenters. The van der Waals surface area contributed by atoms with Crippen molar-refractivity contribution in [2.75, 3.05) is 18.0 Å². The molecule has 2 fully saturated rings. The summed E-state index contributed by atoms with van der Waals surface area (Å²) in [6, 6.07) is 4.00. The molecule has 0 radical (unpaired) electrons. The van der Waals surface area contributed by atoms with Crippen molar-refractivity contribution in [1.82, 2.24) is 15.0 Å². The van der Waals surface area contributed by atoms with Crippen LogP contribution in [0.15, 0.2) is 24.5 Å². The van der Waals surface area contributed by atoms with Gasteiger partial charge in [0.25, 0.3) is 0 Å². The zero-order valence-electron chi connectivity index (χ0n) is 12.1. The number of aromatic nitrogens is 3. The van der Waals surface area contributed by atoms with Gasteiger partial charge in [-0.2, -0.15) is 0 Å². The maximum atomic E-state index is 10.8. The molecule has 2 aromatic heterocycles. The van der Waals surface area contributed by atoms with Crippen LogP contribution in [-0.4, -0.2) is 38.7 Å². The monoisotopic (exact) mass is 284 g/mol. The molecule has 0 amide bonds. The molecule has 5 heteroatoms. The molecule has 5 nitrogen and oxygen atoms in total. The average molecular weight is 284 g/mol. The number of hydrogen-bond acceptors (Lipinski definition) is 5. The molecule has 1 saturated heterocycles. The zero-order valence-corrected chi connectivity index (χ0v) is 12.1. The van der Waals surface area contributed by atoms with Gasteiger partial charge in [0.15, 0.2) is 5.65 Å². The summed E-state index contributed by atoms with van der Waals surface area (Å²) in [7, 11) is 0. The largest absolute Gasteiger partial charge is 0.389 e. The number of nitrogens with zero attached hydrogens (tertiary/aromatic N) is 4. The highest BCUT2D eigenvalue weighted by molar-refractivity contribution is 5.71. The fourth-order valence-electron chi connectivity index (χ4n) is 3.80. The Labute approximate surface area is 124 Å². The van der Waals surface area contributed by atoms with Crippen molar-refractivity contribution in [2.45, 2.75) is 37.7 Å². The van der Waals surface area contributed by atoms with Gasteiger partial charge in [0.1, 0.15) is 11.3 Å². The van der Waals surface area contributed by atoms with E-state index in [9.17, 15) is 5.11 Å². The predicted molar refractivity (Wildman–Crippen MR) is 81.1 cm³/mol. The van der Waals surface area contributed by atoms with Crippen molar-refractivity contribution in [2.24, 2.45) is 5.92 Å². The summed E-state index contributed by atoms with van der Waals surface area (Å²) in [5.41, 5.74) is 1.08. The van der Waals surface area contributed by atoms with Gasteiger partial charge < -0.3 is 10.0 Å². The Morgan fingerprint density at radius 2 is 2.05 bits per heavy atom. The maximum absolute atomic E-state index is 10.8. The molecule has 4 rings (SSSR count). The Morgan fingerprint density at radius 3 is 3.00 bits per heavy atom. The third kappa shape index (κ3) is 2.25. The second-order valence-corrected chi connectivity index (χ2v) is 6.31. The molecule has 0 bridgehead atoms. The molecule has 1 saturated carbocycles. The Hall–Kier alpha value is -1.75. The van der Waals surface area contributed by atoms with Gasteiger partial charge in [0.2, 0.25) is 0 Å². The van der Waals surface area contributed by atoms with Gasteiger partial charge in [0.05, 0.1) is 5.60 Å². The molecule has 2 aliphatic rings. The molecule has 110 valence electrons. The molecule has 1 N–H and O–H groups in total. The van der Waals surface area contributed by atoms with Crippen molar-refractivity contribution in [3.8, 4) is 0 Å². The maximum Gasteiger partial charge on any atom is 0.180 e. The third-order valence-corrected chi connectivity index (χ3v) is 5.07. The van der Waals surface area contributed by atoms with Crippen LogP contribution in [0.25, 0.3) is 11.2 Å². The highest BCUT2D eigenvalue weighted by Gasteiger charge is 2.42. The van der Waals surface area contributed by atoms with E-state index in [4.69, 9.17) is 0 Å². The first kappa shape index (κ1) is 13.0. The van der Waals surface area contributed by atoms with Crippen molar-refractivity contribution >= 4 is 17.0 Å². The van der Waals surface area contributed by atoms with E-state index in [1.54, 1.807) is 12.4 Å². The van der Waals surface area contributed by atoms with E-state index in [0.29, 0.717) is 11.6 Å². The summed E-state index contributed by atoms with van der Waals surface area (Å²) in [6.07, 6.45) is 8.69. The first-order valence-electron chi connectivity index (χ1n) is 7.80. The topological polar surface area (TPSA) is 62.1 Å². The van der Waals surface area contributed by atoms with Crippen LogP contribution in [0.4, 0.5) is 5.82 Å². The summed E-state index contributed by atoms with van der Waals surface area (Å²) in [5, 5.41) is 10.8. The first-order chi connectivity index (χ1) is 10.2. The molecule has 3 heterocycles. The van der Waals surface area contributed by atoms with Crippen molar-refractivity contribution in [3.63, 3.8) is 0 Å². The Bertz CT molecular complexity index is 662. The van der Waals surface area contributed by atoms with Gasteiger partial charge in [-0.3, -0.25) is 4.98 Å². The van der Waals surface area contributed by atoms with E-state index in [0.717, 1.165) is 50.1 Å². The van der Waals surface area contributed by atoms with Gasteiger partial charge in [-0.05, 0) is 31.4 Å². The van der Waals surface area contributed by atoms with E-state index in [1.165, 1.54) is 6.42 Å². The fourth-order valence-corrected chi connectivity index (χ4v) is 3.80. The second-order valence-electron chi connectivity index (χ2n) is 6.31. The number of rotatable bonds is 1. The predicted octanol–water partition coefficient (Wildman–Crippen LogP) is 2.16. The highest BCUT2D eigenvalue weighted by atomic mass is 16.3. The number of pyridine rings is 1. The van der Waals surface area contributed by atoms with E-state index >= 15 is 0 Å². The van der Waals surface area contributed by atoms with Crippen LogP contribution in [0, 0.1) is 5.92 Å². The minimum atomic E-state index is -0.439. The van der Waals surface area contributed by atoms with Gasteiger partial charge in [-0.15, -0.1) is 0 Å². The number of anilines is 1. The Kier molecular flexibility index (Phi) is 3.03. The van der Waals surface area contributed by atoms with E-state index in [-0.39, 0.29) is 0 Å². The van der Waals surface area contributed by atoms with Crippen LogP contribution >= 0.6 is 0 Å². The lowest BCUT2D eigenvalue weighted by molar-refractivity contribution is -0.0613. The smallest absolute Gasteiger partial charge is 0.180 e. The van der Waals surface area contributed by atoms with Crippen molar-refractivity contribution in [3.05, 3.63) is 24.5 Å². The molecule has 1 aliphatic heterocycles. The van der Waals surface area contributed by atoms with Gasteiger partial charge in [-0.1, -0.05) is 12.8 Å². The average Bonchev–Trinajstić information content (AvgIpc) is 2.53. The summed E-state index contributed by atoms with van der Waals surface area (Å²) < 4.78 is 0. The standard InChI is InChI=1S/C16H20N4O/c21-16-6-2-1-3-12(16)11-20(10-7-16)14-5-4-13-15(19-14)18-9-8-17-13/h4-5,8-9,12,21H,1-3,6-7,10-11H2. The summed E-state index contributed by atoms with van der Waals surface area (Å²) in [5.74, 6) is 1.33. The quantitative estimate of drug-likeness (QED) is 0.869. The van der Waals surface area contributed by atoms with Crippen LogP contribution in [0.2, 0.25) is 0 Å². The van der Waals surface area contributed by atoms with Gasteiger partial charge >= 0.3 is 0 Å². The third-order valence-electron chi connectivity index (χ3n) is 5.07. The van der Waals surface area contributed by atoms with E-state index < -0.39 is 5.60 Å². The number of hydrogen-bond donors (Lipinski definition) is 1. The van der Waals surface area contributed by atoms with Crippen LogP contribution in [0.3, 0.4) is 0 Å². The molecule has 2 aromatic rings. The Balaban J connectivity index is 1.61. The second kappa shape index (κ2) is 4.91. The van der Waals surface area contributed by atoms with E-state index in [1.807, 2.05) is 12.1 Å². The summed E-state index contributed by atoms with van der Waals surface area (Å²) in [6.45, 7) is 1.76. The molecule has 0 aromatic carbocycles. The van der Waals surface area contributed by atoms with Gasteiger partial charge in [0, 0.05) is 31.4 Å². The van der Waals surface area contributed by atoms with Crippen LogP contribution in [-0.2, 0) is 0 Å². The lowest BCUT2D eigenvalue weighted by Gasteiger charge is -2.47. The highest BCUT2D eigenvalue weighted by Crippen LogP contribution is 2.40. The number of fused-ring (bicyclic) bond motifs is 2. The molecule has 1 aliphatic carbocycles. The lowest BCUT2D eigenvalue weighted by atomic mass is 9.71. The number of aliphatic hydroxyl groups is 1. The molecular formula is C16H20N4O. The normalized spacial score (nSPS) is 29.4. The number of piperidine rings is 1. The first-order valence-corrected chi connectivity index (χ1v) is 7.80. The fraction of sp³-hybridized carbons (Fsp3) is 0.562. The van der Waals surface area contributed by atoms with Crippen molar-refractivity contribution < 1.29 is 5.11 Å². The zero-order chi connectivity index (χ0) is 14.3. The van der Waals surface area contributed by atoms with Crippen LogP contribution in [0.5, 0.6) is 0 Å². The minimum absolute atomic E-state index is 0.374.